The highest BCUT2D eigenvalue weighted by Gasteiger charge is 2.34. The Balaban J connectivity index is 1.82. The van der Waals surface area contributed by atoms with Gasteiger partial charge in [0.25, 0.3) is 0 Å². The largest absolute Gasteiger partial charge is 0.329 e. The first-order valence-electron chi connectivity index (χ1n) is 8.01. The van der Waals surface area contributed by atoms with Crippen LogP contribution in [0, 0.1) is 5.92 Å². The zero-order chi connectivity index (χ0) is 13.9. The molecule has 3 unspecified atom stereocenters. The molecule has 0 aliphatic carbocycles. The molecule has 0 aromatic heterocycles. The maximum Gasteiger partial charge on any atom is 0.0370 e. The van der Waals surface area contributed by atoms with Crippen molar-refractivity contribution in [3.63, 3.8) is 0 Å². The summed E-state index contributed by atoms with van der Waals surface area (Å²) >= 11 is 2.01. The second-order valence-corrected chi connectivity index (χ2v) is 7.25. The van der Waals surface area contributed by atoms with E-state index in [1.54, 1.807) is 0 Å². The van der Waals surface area contributed by atoms with Gasteiger partial charge in [-0.2, -0.15) is 0 Å². The second kappa shape index (κ2) is 6.50. The van der Waals surface area contributed by atoms with Crippen LogP contribution in [0.25, 0.3) is 0 Å². The molecule has 0 amide bonds. The van der Waals surface area contributed by atoms with Gasteiger partial charge in [0.2, 0.25) is 0 Å². The number of hydrogen-bond acceptors (Lipinski definition) is 3. The van der Waals surface area contributed by atoms with Gasteiger partial charge in [-0.05, 0) is 49.1 Å². The van der Waals surface area contributed by atoms with Gasteiger partial charge in [0.05, 0.1) is 0 Å². The monoisotopic (exact) mass is 290 g/mol. The second-order valence-electron chi connectivity index (χ2n) is 6.12. The van der Waals surface area contributed by atoms with Gasteiger partial charge in [-0.1, -0.05) is 31.5 Å². The van der Waals surface area contributed by atoms with Crippen molar-refractivity contribution < 1.29 is 0 Å². The van der Waals surface area contributed by atoms with E-state index in [9.17, 15) is 0 Å². The maximum atomic E-state index is 6.09. The third-order valence-electron chi connectivity index (χ3n) is 5.05. The molecule has 20 heavy (non-hydrogen) atoms. The van der Waals surface area contributed by atoms with Crippen molar-refractivity contribution in [3.05, 3.63) is 29.8 Å². The van der Waals surface area contributed by atoms with Crippen molar-refractivity contribution in [2.24, 2.45) is 11.7 Å². The lowest BCUT2D eigenvalue weighted by Crippen LogP contribution is -2.48. The molecule has 2 nitrogen and oxygen atoms in total. The standard InChI is InChI=1S/C17H26N2S/c1-2-13-7-9-19(14(11-13)12-18)16-8-10-20-17-6-4-3-5-15(16)17/h3-6,13-14,16H,2,7-12,18H2,1H3. The molecule has 1 aromatic rings. The first-order chi connectivity index (χ1) is 9.83. The Bertz CT molecular complexity index is 448. The maximum absolute atomic E-state index is 6.09. The molecule has 0 bridgehead atoms. The van der Waals surface area contributed by atoms with E-state index in [2.05, 4.69) is 36.1 Å². The number of benzene rings is 1. The summed E-state index contributed by atoms with van der Waals surface area (Å²) in [6, 6.07) is 10.1. The topological polar surface area (TPSA) is 29.3 Å². The van der Waals surface area contributed by atoms with Gasteiger partial charge in [0.15, 0.2) is 0 Å². The van der Waals surface area contributed by atoms with Crippen LogP contribution in [0.1, 0.15) is 44.2 Å². The molecule has 0 radical (unpaired) electrons. The van der Waals surface area contributed by atoms with Crippen LogP contribution < -0.4 is 5.73 Å². The Hall–Kier alpha value is -0.510. The fraction of sp³-hybridized carbons (Fsp3) is 0.647. The van der Waals surface area contributed by atoms with Crippen molar-refractivity contribution in [1.82, 2.24) is 4.90 Å². The minimum Gasteiger partial charge on any atom is -0.329 e. The van der Waals surface area contributed by atoms with E-state index < -0.39 is 0 Å². The molecular formula is C17H26N2S. The van der Waals surface area contributed by atoms with E-state index in [1.807, 2.05) is 11.8 Å². The van der Waals surface area contributed by atoms with Crippen LogP contribution in [0.2, 0.25) is 0 Å². The van der Waals surface area contributed by atoms with Crippen molar-refractivity contribution in [1.29, 1.82) is 0 Å². The molecule has 2 aliphatic rings. The normalized spacial score (nSPS) is 31.0. The van der Waals surface area contributed by atoms with Crippen LogP contribution in [0.5, 0.6) is 0 Å². The Morgan fingerprint density at radius 3 is 2.95 bits per heavy atom. The van der Waals surface area contributed by atoms with E-state index in [0.29, 0.717) is 12.1 Å². The molecular weight excluding hydrogens is 264 g/mol. The van der Waals surface area contributed by atoms with Crippen LogP contribution in [0.15, 0.2) is 29.2 Å². The van der Waals surface area contributed by atoms with Gasteiger partial charge < -0.3 is 5.73 Å². The summed E-state index contributed by atoms with van der Waals surface area (Å²) in [5.74, 6) is 2.13. The molecule has 3 rings (SSSR count). The van der Waals surface area contributed by atoms with Crippen molar-refractivity contribution >= 4 is 11.8 Å². The van der Waals surface area contributed by atoms with Gasteiger partial charge in [0.1, 0.15) is 0 Å². The van der Waals surface area contributed by atoms with Crippen LogP contribution >= 0.6 is 11.8 Å². The Morgan fingerprint density at radius 1 is 1.30 bits per heavy atom. The summed E-state index contributed by atoms with van der Waals surface area (Å²) in [7, 11) is 0. The number of nitrogens with zero attached hydrogens (tertiary/aromatic N) is 1. The van der Waals surface area contributed by atoms with E-state index in [-0.39, 0.29) is 0 Å². The Morgan fingerprint density at radius 2 is 2.15 bits per heavy atom. The zero-order valence-corrected chi connectivity index (χ0v) is 13.2. The minimum absolute atomic E-state index is 0.579. The summed E-state index contributed by atoms with van der Waals surface area (Å²) < 4.78 is 0. The number of fused-ring (bicyclic) bond motifs is 1. The number of rotatable bonds is 3. The Kier molecular flexibility index (Phi) is 4.69. The molecule has 0 spiro atoms. The van der Waals surface area contributed by atoms with E-state index in [1.165, 1.54) is 48.4 Å². The van der Waals surface area contributed by atoms with Crippen molar-refractivity contribution in [2.75, 3.05) is 18.8 Å². The molecule has 110 valence electrons. The predicted molar refractivity (Wildman–Crippen MR) is 87.1 cm³/mol. The molecule has 1 aromatic carbocycles. The molecule has 3 atom stereocenters. The lowest BCUT2D eigenvalue weighted by molar-refractivity contribution is 0.0664. The van der Waals surface area contributed by atoms with E-state index in [4.69, 9.17) is 5.73 Å². The van der Waals surface area contributed by atoms with Crippen LogP contribution in [-0.2, 0) is 0 Å². The Labute approximate surface area is 127 Å². The van der Waals surface area contributed by atoms with Crippen LogP contribution in [-0.4, -0.2) is 29.8 Å². The highest BCUT2D eigenvalue weighted by Crippen LogP contribution is 2.42. The molecule has 2 N–H and O–H groups in total. The van der Waals surface area contributed by atoms with Gasteiger partial charge in [0, 0.05) is 23.5 Å². The summed E-state index contributed by atoms with van der Waals surface area (Å²) in [5.41, 5.74) is 7.63. The molecule has 1 fully saturated rings. The van der Waals surface area contributed by atoms with Gasteiger partial charge in [-0.3, -0.25) is 4.90 Å². The first kappa shape index (κ1) is 14.4. The average Bonchev–Trinajstić information content (AvgIpc) is 2.53. The number of thioether (sulfide) groups is 1. The number of piperidine rings is 1. The first-order valence-corrected chi connectivity index (χ1v) is 8.99. The lowest BCUT2D eigenvalue weighted by atomic mass is 9.86. The molecule has 3 heteroatoms. The zero-order valence-electron chi connectivity index (χ0n) is 12.4. The van der Waals surface area contributed by atoms with E-state index in [0.717, 1.165) is 12.5 Å². The van der Waals surface area contributed by atoms with Crippen molar-refractivity contribution in [3.8, 4) is 0 Å². The van der Waals surface area contributed by atoms with Crippen LogP contribution in [0.3, 0.4) is 0 Å². The third kappa shape index (κ3) is 2.76. The average molecular weight is 290 g/mol. The van der Waals surface area contributed by atoms with Gasteiger partial charge in [-0.15, -0.1) is 11.8 Å². The predicted octanol–water partition coefficient (Wildman–Crippen LogP) is 3.67. The fourth-order valence-corrected chi connectivity index (χ4v) is 4.94. The van der Waals surface area contributed by atoms with Gasteiger partial charge in [-0.25, -0.2) is 0 Å². The minimum atomic E-state index is 0.579. The SMILES string of the molecule is CCC1CCN(C2CCSc3ccccc32)C(CN)C1. The summed E-state index contributed by atoms with van der Waals surface area (Å²) in [4.78, 5) is 4.20. The summed E-state index contributed by atoms with van der Waals surface area (Å²) in [5, 5.41) is 0. The van der Waals surface area contributed by atoms with E-state index >= 15 is 0 Å². The lowest BCUT2D eigenvalue weighted by Gasteiger charge is -2.45. The molecule has 0 saturated carbocycles. The molecule has 2 heterocycles. The smallest absolute Gasteiger partial charge is 0.0370 e. The highest BCUT2D eigenvalue weighted by atomic mass is 32.2. The number of hydrogen-bond donors (Lipinski definition) is 1. The number of likely N-dealkylation sites (tertiary alicyclic amines) is 1. The summed E-state index contributed by atoms with van der Waals surface area (Å²) in [6.07, 6.45) is 5.22. The van der Waals surface area contributed by atoms with Gasteiger partial charge >= 0.3 is 0 Å². The quantitative estimate of drug-likeness (QED) is 0.921. The summed E-state index contributed by atoms with van der Waals surface area (Å²) in [6.45, 7) is 4.35. The highest BCUT2D eigenvalue weighted by molar-refractivity contribution is 7.99. The van der Waals surface area contributed by atoms with Crippen molar-refractivity contribution in [2.45, 2.75) is 49.6 Å². The molecule has 2 aliphatic heterocycles. The fourth-order valence-electron chi connectivity index (χ4n) is 3.83. The molecule has 1 saturated heterocycles. The van der Waals surface area contributed by atoms with Crippen LogP contribution in [0.4, 0.5) is 0 Å². The third-order valence-corrected chi connectivity index (χ3v) is 6.17. The number of nitrogens with two attached hydrogens (primary N) is 1.